The van der Waals surface area contributed by atoms with Crippen molar-refractivity contribution in [3.8, 4) is 11.1 Å². The van der Waals surface area contributed by atoms with Gasteiger partial charge in [0.2, 0.25) is 0 Å². The Balaban J connectivity index is 1.71. The van der Waals surface area contributed by atoms with E-state index in [-0.39, 0.29) is 0 Å². The van der Waals surface area contributed by atoms with E-state index in [1.165, 1.54) is 32.8 Å². The smallest absolute Gasteiger partial charge is 0.423 e. The molecule has 7 rings (SSSR count). The predicted molar refractivity (Wildman–Crippen MR) is 149 cm³/mol. The van der Waals surface area contributed by atoms with Crippen LogP contribution in [0.2, 0.25) is 0 Å². The first-order valence-electron chi connectivity index (χ1n) is 12.3. The molecule has 0 aliphatic heterocycles. The highest BCUT2D eigenvalue weighted by atomic mass is 16.4. The van der Waals surface area contributed by atoms with Gasteiger partial charge in [-0.25, -0.2) is 0 Å². The Morgan fingerprint density at radius 2 is 0.972 bits per heavy atom. The lowest BCUT2D eigenvalue weighted by molar-refractivity contribution is 0.426. The Hall–Kier alpha value is -4.18. The summed E-state index contributed by atoms with van der Waals surface area (Å²) in [6, 6.07) is 44.5. The van der Waals surface area contributed by atoms with Gasteiger partial charge in [0.15, 0.2) is 0 Å². The molecule has 0 spiro atoms. The van der Waals surface area contributed by atoms with Gasteiger partial charge in [-0.3, -0.25) is 0 Å². The second-order valence-electron chi connectivity index (χ2n) is 9.58. The third-order valence-electron chi connectivity index (χ3n) is 7.68. The molecule has 2 N–H and O–H groups in total. The van der Waals surface area contributed by atoms with Crippen LogP contribution in [0.3, 0.4) is 0 Å². The van der Waals surface area contributed by atoms with Gasteiger partial charge in [-0.15, -0.1) is 0 Å². The van der Waals surface area contributed by atoms with E-state index in [2.05, 4.69) is 97.1 Å². The zero-order valence-corrected chi connectivity index (χ0v) is 19.6. The van der Waals surface area contributed by atoms with E-state index in [4.69, 9.17) is 0 Å². The fourth-order valence-electron chi connectivity index (χ4n) is 6.20. The molecular weight excluding hydrogens is 439 g/mol. The van der Waals surface area contributed by atoms with Crippen molar-refractivity contribution in [3.05, 3.63) is 150 Å². The zero-order chi connectivity index (χ0) is 24.3. The van der Waals surface area contributed by atoms with Crippen LogP contribution in [0.5, 0.6) is 0 Å². The highest BCUT2D eigenvalue weighted by Crippen LogP contribution is 2.56. The predicted octanol–water partition coefficient (Wildman–Crippen LogP) is 6.04. The monoisotopic (exact) mass is 462 g/mol. The largest absolute Gasteiger partial charge is 0.488 e. The molecule has 0 saturated carbocycles. The SMILES string of the molecule is OB(O)c1cc2c3c(ccc4cc(-c5ccccc5)cc(c43)C2(c2ccccc2)c2ccccc2)c1. The van der Waals surface area contributed by atoms with Crippen molar-refractivity contribution < 1.29 is 10.0 Å². The van der Waals surface area contributed by atoms with E-state index in [1.54, 1.807) is 0 Å². The quantitative estimate of drug-likeness (QED) is 0.248. The molecule has 0 aromatic heterocycles. The molecule has 0 amide bonds. The molecule has 170 valence electrons. The first-order chi connectivity index (χ1) is 17.7. The molecule has 1 aliphatic carbocycles. The van der Waals surface area contributed by atoms with E-state index in [0.717, 1.165) is 22.1 Å². The average molecular weight is 462 g/mol. The van der Waals surface area contributed by atoms with Crippen LogP contribution >= 0.6 is 0 Å². The summed E-state index contributed by atoms with van der Waals surface area (Å²) in [4.78, 5) is 0. The van der Waals surface area contributed by atoms with Crippen LogP contribution in [0.4, 0.5) is 0 Å². The first kappa shape index (κ1) is 21.1. The van der Waals surface area contributed by atoms with Crippen LogP contribution in [-0.4, -0.2) is 17.2 Å². The van der Waals surface area contributed by atoms with E-state index in [9.17, 15) is 10.0 Å². The normalized spacial score (nSPS) is 13.5. The van der Waals surface area contributed by atoms with Gasteiger partial charge in [0.1, 0.15) is 0 Å². The molecule has 1 aliphatic rings. The van der Waals surface area contributed by atoms with Crippen LogP contribution in [0, 0.1) is 0 Å². The Labute approximate surface area is 210 Å². The molecule has 6 aromatic rings. The van der Waals surface area contributed by atoms with Crippen LogP contribution in [0.1, 0.15) is 22.3 Å². The minimum atomic E-state index is -1.55. The number of hydrogen-bond donors (Lipinski definition) is 2. The lowest BCUT2D eigenvalue weighted by Crippen LogP contribution is -2.34. The summed E-state index contributed by atoms with van der Waals surface area (Å²) in [6.45, 7) is 0. The Morgan fingerprint density at radius 1 is 0.472 bits per heavy atom. The molecule has 0 bridgehead atoms. The fraction of sp³-hybridized carbons (Fsp3) is 0.0303. The molecule has 0 fully saturated rings. The molecule has 3 heteroatoms. The van der Waals surface area contributed by atoms with E-state index in [1.807, 2.05) is 30.3 Å². The van der Waals surface area contributed by atoms with Gasteiger partial charge in [0.05, 0.1) is 5.41 Å². The van der Waals surface area contributed by atoms with Gasteiger partial charge in [0.25, 0.3) is 0 Å². The highest BCUT2D eigenvalue weighted by Gasteiger charge is 2.45. The zero-order valence-electron chi connectivity index (χ0n) is 19.6. The standard InChI is InChI=1S/C33H23BO2/c35-34(36)28-19-24-17-16-23-18-25(22-10-4-1-5-11-22)20-29-31(23)32(24)30(21-28)33(29,26-12-6-2-7-13-26)27-14-8-3-9-15-27/h1-21,35-36H. The molecule has 36 heavy (non-hydrogen) atoms. The Morgan fingerprint density at radius 3 is 1.53 bits per heavy atom. The van der Waals surface area contributed by atoms with Gasteiger partial charge in [-0.05, 0) is 72.5 Å². The van der Waals surface area contributed by atoms with Crippen molar-refractivity contribution in [1.82, 2.24) is 0 Å². The number of benzene rings is 6. The first-order valence-corrected chi connectivity index (χ1v) is 12.3. The van der Waals surface area contributed by atoms with E-state index >= 15 is 0 Å². The summed E-state index contributed by atoms with van der Waals surface area (Å²) >= 11 is 0. The number of rotatable bonds is 4. The van der Waals surface area contributed by atoms with E-state index in [0.29, 0.717) is 5.46 Å². The molecule has 0 atom stereocenters. The molecule has 0 saturated heterocycles. The minimum absolute atomic E-state index is 0.504. The Kier molecular flexibility index (Phi) is 4.65. The minimum Gasteiger partial charge on any atom is -0.423 e. The second-order valence-corrected chi connectivity index (χ2v) is 9.58. The molecule has 0 heterocycles. The molecular formula is C33H23BO2. The summed E-state index contributed by atoms with van der Waals surface area (Å²) in [5, 5.41) is 25.1. The summed E-state index contributed by atoms with van der Waals surface area (Å²) < 4.78 is 0. The molecule has 2 nitrogen and oxygen atoms in total. The van der Waals surface area contributed by atoms with E-state index < -0.39 is 12.5 Å². The third kappa shape index (κ3) is 2.88. The molecule has 0 radical (unpaired) electrons. The van der Waals surface area contributed by atoms with Crippen LogP contribution < -0.4 is 5.46 Å². The van der Waals surface area contributed by atoms with Crippen LogP contribution in [0.25, 0.3) is 32.7 Å². The van der Waals surface area contributed by atoms with Crippen molar-refractivity contribution in [2.45, 2.75) is 5.41 Å². The molecule has 6 aromatic carbocycles. The third-order valence-corrected chi connectivity index (χ3v) is 7.68. The van der Waals surface area contributed by atoms with Crippen molar-refractivity contribution in [1.29, 1.82) is 0 Å². The average Bonchev–Trinajstić information content (AvgIpc) is 3.24. The van der Waals surface area contributed by atoms with Crippen molar-refractivity contribution in [2.24, 2.45) is 0 Å². The summed E-state index contributed by atoms with van der Waals surface area (Å²) in [7, 11) is -1.55. The fourth-order valence-corrected chi connectivity index (χ4v) is 6.20. The summed E-state index contributed by atoms with van der Waals surface area (Å²) in [5.74, 6) is 0. The van der Waals surface area contributed by atoms with Crippen molar-refractivity contribution >= 4 is 34.1 Å². The second kappa shape index (κ2) is 7.92. The maximum atomic E-state index is 10.2. The van der Waals surface area contributed by atoms with Crippen molar-refractivity contribution in [3.63, 3.8) is 0 Å². The maximum Gasteiger partial charge on any atom is 0.488 e. The van der Waals surface area contributed by atoms with Gasteiger partial charge in [-0.1, -0.05) is 115 Å². The lowest BCUT2D eigenvalue weighted by Gasteiger charge is -2.34. The lowest BCUT2D eigenvalue weighted by atomic mass is 9.65. The van der Waals surface area contributed by atoms with Gasteiger partial charge in [0, 0.05) is 0 Å². The summed E-state index contributed by atoms with van der Waals surface area (Å²) in [6.07, 6.45) is 0. The maximum absolute atomic E-state index is 10.2. The van der Waals surface area contributed by atoms with Gasteiger partial charge < -0.3 is 10.0 Å². The number of hydrogen-bond acceptors (Lipinski definition) is 2. The highest BCUT2D eigenvalue weighted by molar-refractivity contribution is 6.59. The molecule has 0 unspecified atom stereocenters. The Bertz CT molecular complexity index is 1700. The van der Waals surface area contributed by atoms with Gasteiger partial charge in [-0.2, -0.15) is 0 Å². The van der Waals surface area contributed by atoms with Crippen LogP contribution in [0.15, 0.2) is 127 Å². The van der Waals surface area contributed by atoms with Gasteiger partial charge >= 0.3 is 7.12 Å². The topological polar surface area (TPSA) is 40.5 Å². The van der Waals surface area contributed by atoms with Crippen LogP contribution in [-0.2, 0) is 5.41 Å². The van der Waals surface area contributed by atoms with Crippen molar-refractivity contribution in [2.75, 3.05) is 0 Å². The summed E-state index contributed by atoms with van der Waals surface area (Å²) in [5.41, 5.74) is 6.88.